The molecule has 0 radical (unpaired) electrons. The summed E-state index contributed by atoms with van der Waals surface area (Å²) in [5.74, 6) is 0. The van der Waals surface area contributed by atoms with Crippen molar-refractivity contribution in [2.45, 2.75) is 58.7 Å². The molecule has 1 heterocycles. The first-order valence-electron chi connectivity index (χ1n) is 7.34. The van der Waals surface area contributed by atoms with E-state index in [0.717, 1.165) is 39.1 Å². The van der Waals surface area contributed by atoms with Crippen molar-refractivity contribution in [1.29, 1.82) is 0 Å². The molecule has 1 aliphatic heterocycles. The first-order chi connectivity index (χ1) is 8.58. The third-order valence-corrected chi connectivity index (χ3v) is 3.78. The normalized spacial score (nSPS) is 23.3. The van der Waals surface area contributed by atoms with Gasteiger partial charge in [-0.1, -0.05) is 26.0 Å². The summed E-state index contributed by atoms with van der Waals surface area (Å²) in [6.07, 6.45) is 2.38. The summed E-state index contributed by atoms with van der Waals surface area (Å²) in [7, 11) is 0. The lowest BCUT2D eigenvalue weighted by molar-refractivity contribution is -0.0550. The molecule has 0 aliphatic carbocycles. The Bertz CT molecular complexity index is 253. The van der Waals surface area contributed by atoms with E-state index in [1.807, 2.05) is 0 Å². The van der Waals surface area contributed by atoms with Crippen molar-refractivity contribution in [3.63, 3.8) is 0 Å². The molecule has 0 amide bonds. The van der Waals surface area contributed by atoms with Crippen LogP contribution in [-0.2, 0) is 4.74 Å². The second-order valence-electron chi connectivity index (χ2n) is 5.47. The number of hydrogen-bond acceptors (Lipinski definition) is 3. The molecule has 106 valence electrons. The Morgan fingerprint density at radius 3 is 2.72 bits per heavy atom. The molecule has 0 aromatic heterocycles. The van der Waals surface area contributed by atoms with Gasteiger partial charge in [0.05, 0.1) is 12.7 Å². The standard InChI is InChI=1S/C15H30N2O/c1-6-13(5)10-14(16-7-2)15-11-17(12(3)4)8-9-18-15/h12,14-16H,5-11H2,1-4H3. The van der Waals surface area contributed by atoms with Crippen LogP contribution in [0.4, 0.5) is 0 Å². The third-order valence-electron chi connectivity index (χ3n) is 3.78. The second kappa shape index (κ2) is 7.93. The molecule has 1 fully saturated rings. The Labute approximate surface area is 113 Å². The van der Waals surface area contributed by atoms with Crippen molar-refractivity contribution in [2.75, 3.05) is 26.2 Å². The molecule has 0 spiro atoms. The molecule has 18 heavy (non-hydrogen) atoms. The molecule has 0 aromatic carbocycles. The number of rotatable bonds is 7. The van der Waals surface area contributed by atoms with E-state index in [0.29, 0.717) is 18.2 Å². The second-order valence-corrected chi connectivity index (χ2v) is 5.47. The SMILES string of the molecule is C=C(CC)CC(NCC)C1CN(C(C)C)CCO1. The maximum absolute atomic E-state index is 5.97. The van der Waals surface area contributed by atoms with Crippen LogP contribution in [0, 0.1) is 0 Å². The van der Waals surface area contributed by atoms with Gasteiger partial charge in [0.15, 0.2) is 0 Å². The predicted octanol–water partition coefficient (Wildman–Crippen LogP) is 2.43. The monoisotopic (exact) mass is 254 g/mol. The van der Waals surface area contributed by atoms with Crippen molar-refractivity contribution >= 4 is 0 Å². The van der Waals surface area contributed by atoms with Crippen LogP contribution in [0.3, 0.4) is 0 Å². The van der Waals surface area contributed by atoms with E-state index in [1.165, 1.54) is 5.57 Å². The fourth-order valence-electron chi connectivity index (χ4n) is 2.46. The number of morpholine rings is 1. The molecule has 1 saturated heterocycles. The highest BCUT2D eigenvalue weighted by atomic mass is 16.5. The number of hydrogen-bond donors (Lipinski definition) is 1. The minimum absolute atomic E-state index is 0.296. The zero-order valence-electron chi connectivity index (χ0n) is 12.5. The summed E-state index contributed by atoms with van der Waals surface area (Å²) < 4.78 is 5.97. The summed E-state index contributed by atoms with van der Waals surface area (Å²) >= 11 is 0. The van der Waals surface area contributed by atoms with Gasteiger partial charge in [-0.15, -0.1) is 0 Å². The maximum Gasteiger partial charge on any atom is 0.0858 e. The zero-order chi connectivity index (χ0) is 13.5. The van der Waals surface area contributed by atoms with E-state index in [4.69, 9.17) is 4.74 Å². The summed E-state index contributed by atoms with van der Waals surface area (Å²) in [6, 6.07) is 1.01. The molecule has 2 atom stereocenters. The molecule has 0 saturated carbocycles. The molecule has 3 heteroatoms. The Balaban J connectivity index is 2.57. The highest BCUT2D eigenvalue weighted by Crippen LogP contribution is 2.17. The average Bonchev–Trinajstić information content (AvgIpc) is 2.38. The molecule has 2 unspecified atom stereocenters. The van der Waals surface area contributed by atoms with Crippen molar-refractivity contribution in [3.05, 3.63) is 12.2 Å². The summed E-state index contributed by atoms with van der Waals surface area (Å²) in [6.45, 7) is 16.9. The molecular formula is C15H30N2O. The maximum atomic E-state index is 5.97. The van der Waals surface area contributed by atoms with E-state index in [9.17, 15) is 0 Å². The summed E-state index contributed by atoms with van der Waals surface area (Å²) in [5.41, 5.74) is 1.31. The van der Waals surface area contributed by atoms with E-state index >= 15 is 0 Å². The molecule has 0 aromatic rings. The van der Waals surface area contributed by atoms with Crippen LogP contribution in [0.1, 0.15) is 40.5 Å². The molecule has 1 rings (SSSR count). The number of likely N-dealkylation sites (N-methyl/N-ethyl adjacent to an activating group) is 1. The highest BCUT2D eigenvalue weighted by Gasteiger charge is 2.28. The van der Waals surface area contributed by atoms with Gasteiger partial charge in [-0.05, 0) is 33.2 Å². The minimum atomic E-state index is 0.296. The van der Waals surface area contributed by atoms with Gasteiger partial charge in [0.2, 0.25) is 0 Å². The van der Waals surface area contributed by atoms with Gasteiger partial charge in [-0.2, -0.15) is 0 Å². The van der Waals surface area contributed by atoms with Crippen molar-refractivity contribution in [3.8, 4) is 0 Å². The number of ether oxygens (including phenoxy) is 1. The Hall–Kier alpha value is -0.380. The molecule has 3 nitrogen and oxygen atoms in total. The van der Waals surface area contributed by atoms with Crippen molar-refractivity contribution in [2.24, 2.45) is 0 Å². The molecule has 1 aliphatic rings. The highest BCUT2D eigenvalue weighted by molar-refractivity contribution is 4.99. The fourth-order valence-corrected chi connectivity index (χ4v) is 2.46. The number of nitrogens with one attached hydrogen (secondary N) is 1. The first kappa shape index (κ1) is 15.7. The molecular weight excluding hydrogens is 224 g/mol. The average molecular weight is 254 g/mol. The van der Waals surface area contributed by atoms with Gasteiger partial charge < -0.3 is 10.1 Å². The topological polar surface area (TPSA) is 24.5 Å². The van der Waals surface area contributed by atoms with Crippen LogP contribution in [-0.4, -0.2) is 49.3 Å². The van der Waals surface area contributed by atoms with Gasteiger partial charge in [0, 0.05) is 25.2 Å². The smallest absolute Gasteiger partial charge is 0.0858 e. The van der Waals surface area contributed by atoms with Crippen LogP contribution in [0.5, 0.6) is 0 Å². The molecule has 0 bridgehead atoms. The zero-order valence-corrected chi connectivity index (χ0v) is 12.5. The fraction of sp³-hybridized carbons (Fsp3) is 0.867. The molecule has 1 N–H and O–H groups in total. The van der Waals surface area contributed by atoms with Gasteiger partial charge >= 0.3 is 0 Å². The Morgan fingerprint density at radius 2 is 2.17 bits per heavy atom. The predicted molar refractivity (Wildman–Crippen MR) is 78.0 cm³/mol. The summed E-state index contributed by atoms with van der Waals surface area (Å²) in [4.78, 5) is 2.51. The van der Waals surface area contributed by atoms with Crippen LogP contribution in [0.2, 0.25) is 0 Å². The lowest BCUT2D eigenvalue weighted by atomic mass is 9.99. The third kappa shape index (κ3) is 4.71. The minimum Gasteiger partial charge on any atom is -0.374 e. The van der Waals surface area contributed by atoms with Crippen LogP contribution in [0.25, 0.3) is 0 Å². The largest absolute Gasteiger partial charge is 0.374 e. The Kier molecular flexibility index (Phi) is 6.90. The van der Waals surface area contributed by atoms with Crippen LogP contribution >= 0.6 is 0 Å². The quantitative estimate of drug-likeness (QED) is 0.706. The first-order valence-corrected chi connectivity index (χ1v) is 7.34. The van der Waals surface area contributed by atoms with E-state index in [1.54, 1.807) is 0 Å². The van der Waals surface area contributed by atoms with Crippen molar-refractivity contribution < 1.29 is 4.74 Å². The van der Waals surface area contributed by atoms with Gasteiger partial charge in [-0.25, -0.2) is 0 Å². The van der Waals surface area contributed by atoms with Crippen LogP contribution in [0.15, 0.2) is 12.2 Å². The number of nitrogens with zero attached hydrogens (tertiary/aromatic N) is 1. The van der Waals surface area contributed by atoms with E-state index < -0.39 is 0 Å². The van der Waals surface area contributed by atoms with Gasteiger partial charge in [0.1, 0.15) is 0 Å². The Morgan fingerprint density at radius 1 is 1.44 bits per heavy atom. The van der Waals surface area contributed by atoms with Gasteiger partial charge in [-0.3, -0.25) is 4.90 Å². The summed E-state index contributed by atoms with van der Waals surface area (Å²) in [5, 5.41) is 3.56. The van der Waals surface area contributed by atoms with Crippen molar-refractivity contribution in [1.82, 2.24) is 10.2 Å². The lowest BCUT2D eigenvalue weighted by Crippen LogP contribution is -2.53. The van der Waals surface area contributed by atoms with E-state index in [2.05, 4.69) is 44.5 Å². The lowest BCUT2D eigenvalue weighted by Gasteiger charge is -2.39. The van der Waals surface area contributed by atoms with E-state index in [-0.39, 0.29) is 0 Å². The van der Waals surface area contributed by atoms with Gasteiger partial charge in [0.25, 0.3) is 0 Å². The van der Waals surface area contributed by atoms with Crippen LogP contribution < -0.4 is 5.32 Å².